The number of benzene rings is 1. The van der Waals surface area contributed by atoms with Gasteiger partial charge in [0.15, 0.2) is 11.5 Å². The molecule has 1 aromatic rings. The number of anilines is 1. The second kappa shape index (κ2) is 3.90. The van der Waals surface area contributed by atoms with Gasteiger partial charge in [-0.05, 0) is 11.6 Å². The molecule has 1 amide bonds. The van der Waals surface area contributed by atoms with E-state index in [-0.39, 0.29) is 19.3 Å². The molecule has 0 saturated carbocycles. The number of hydrogen-bond donors (Lipinski definition) is 0. The average molecular weight is 249 g/mol. The van der Waals surface area contributed by atoms with Crippen molar-refractivity contribution in [2.75, 3.05) is 25.3 Å². The molecule has 0 aromatic heterocycles. The molecule has 3 rings (SSSR count). The molecule has 0 radical (unpaired) electrons. The Labute approximate surface area is 103 Å². The van der Waals surface area contributed by atoms with E-state index in [2.05, 4.69) is 0 Å². The van der Waals surface area contributed by atoms with Gasteiger partial charge in [0, 0.05) is 12.6 Å². The van der Waals surface area contributed by atoms with Gasteiger partial charge < -0.3 is 19.1 Å². The first-order valence-electron chi connectivity index (χ1n) is 5.48. The summed E-state index contributed by atoms with van der Waals surface area (Å²) in [5.41, 5.74) is 1.41. The molecule has 1 aromatic carbocycles. The van der Waals surface area contributed by atoms with Crippen molar-refractivity contribution < 1.29 is 23.8 Å². The lowest BCUT2D eigenvalue weighted by Crippen LogP contribution is -2.23. The van der Waals surface area contributed by atoms with E-state index in [0.29, 0.717) is 23.6 Å². The van der Waals surface area contributed by atoms with Gasteiger partial charge in [0.1, 0.15) is 5.92 Å². The van der Waals surface area contributed by atoms with Crippen molar-refractivity contribution in [3.05, 3.63) is 17.7 Å². The van der Waals surface area contributed by atoms with E-state index < -0.39 is 5.92 Å². The average Bonchev–Trinajstić information content (AvgIpc) is 2.98. The summed E-state index contributed by atoms with van der Waals surface area (Å²) in [5.74, 6) is 0.352. The molecule has 6 heteroatoms. The van der Waals surface area contributed by atoms with Gasteiger partial charge >= 0.3 is 5.97 Å². The lowest BCUT2D eigenvalue weighted by molar-refractivity contribution is -0.142. The maximum Gasteiger partial charge on any atom is 0.315 e. The van der Waals surface area contributed by atoms with Crippen molar-refractivity contribution in [3.63, 3.8) is 0 Å². The largest absolute Gasteiger partial charge is 0.468 e. The molecule has 0 bridgehead atoms. The van der Waals surface area contributed by atoms with E-state index in [1.807, 2.05) is 0 Å². The lowest BCUT2D eigenvalue weighted by Gasteiger charge is -2.09. The van der Waals surface area contributed by atoms with Crippen LogP contribution in [0.25, 0.3) is 0 Å². The van der Waals surface area contributed by atoms with Crippen LogP contribution >= 0.6 is 0 Å². The summed E-state index contributed by atoms with van der Waals surface area (Å²) in [6.07, 6.45) is 0.698. The highest BCUT2D eigenvalue weighted by Gasteiger charge is 2.36. The van der Waals surface area contributed by atoms with Gasteiger partial charge in [0.25, 0.3) is 0 Å². The molecular formula is C12H11NO5. The van der Waals surface area contributed by atoms with E-state index in [0.717, 1.165) is 5.56 Å². The van der Waals surface area contributed by atoms with Crippen LogP contribution in [0.2, 0.25) is 0 Å². The normalized spacial score (nSPS) is 19.6. The fourth-order valence-corrected chi connectivity index (χ4v) is 2.31. The summed E-state index contributed by atoms with van der Waals surface area (Å²) < 4.78 is 15.3. The Balaban J connectivity index is 2.09. The van der Waals surface area contributed by atoms with Crippen molar-refractivity contribution in [1.82, 2.24) is 0 Å². The van der Waals surface area contributed by atoms with Crippen LogP contribution in [-0.2, 0) is 14.3 Å². The minimum atomic E-state index is -0.468. The predicted molar refractivity (Wildman–Crippen MR) is 60.7 cm³/mol. The second-order valence-electron chi connectivity index (χ2n) is 4.10. The Morgan fingerprint density at radius 2 is 2.17 bits per heavy atom. The van der Waals surface area contributed by atoms with Gasteiger partial charge in [0.2, 0.25) is 13.2 Å². The molecule has 0 aliphatic carbocycles. The summed E-state index contributed by atoms with van der Waals surface area (Å²) in [6.45, 7) is 0.441. The number of nitrogens with zero attached hydrogens (tertiary/aromatic N) is 1. The molecule has 1 unspecified atom stereocenters. The lowest BCUT2D eigenvalue weighted by atomic mass is 10.0. The molecule has 94 valence electrons. The van der Waals surface area contributed by atoms with Crippen molar-refractivity contribution in [1.29, 1.82) is 0 Å². The number of rotatable bonds is 2. The van der Waals surface area contributed by atoms with Gasteiger partial charge in [0.05, 0.1) is 12.8 Å². The zero-order chi connectivity index (χ0) is 12.7. The van der Waals surface area contributed by atoms with Crippen LogP contribution in [0.5, 0.6) is 11.5 Å². The third kappa shape index (κ3) is 1.42. The van der Waals surface area contributed by atoms with Crippen molar-refractivity contribution in [2.45, 2.75) is 5.92 Å². The minimum Gasteiger partial charge on any atom is -0.468 e. The highest BCUT2D eigenvalue weighted by atomic mass is 16.7. The van der Waals surface area contributed by atoms with Crippen molar-refractivity contribution in [3.8, 4) is 11.5 Å². The maximum absolute atomic E-state index is 11.7. The molecule has 1 atom stereocenters. The Morgan fingerprint density at radius 3 is 2.83 bits per heavy atom. The first kappa shape index (κ1) is 10.9. The van der Waals surface area contributed by atoms with Gasteiger partial charge in [-0.3, -0.25) is 9.59 Å². The van der Waals surface area contributed by atoms with Crippen LogP contribution in [0.1, 0.15) is 11.5 Å². The molecule has 0 fully saturated rings. The maximum atomic E-state index is 11.7. The zero-order valence-corrected chi connectivity index (χ0v) is 9.71. The molecule has 2 aliphatic rings. The topological polar surface area (TPSA) is 65.1 Å². The van der Waals surface area contributed by atoms with E-state index in [1.165, 1.54) is 12.0 Å². The number of carbonyl (C=O) groups excluding carboxylic acids is 2. The van der Waals surface area contributed by atoms with Crippen molar-refractivity contribution >= 4 is 18.1 Å². The van der Waals surface area contributed by atoms with Crippen LogP contribution in [0, 0.1) is 0 Å². The fraction of sp³-hybridized carbons (Fsp3) is 0.333. The van der Waals surface area contributed by atoms with Crippen molar-refractivity contribution in [2.24, 2.45) is 0 Å². The van der Waals surface area contributed by atoms with Gasteiger partial charge in [-0.25, -0.2) is 0 Å². The molecule has 0 N–H and O–H groups in total. The summed E-state index contributed by atoms with van der Waals surface area (Å²) in [4.78, 5) is 24.2. The summed E-state index contributed by atoms with van der Waals surface area (Å²) >= 11 is 0. The Hall–Kier alpha value is -2.24. The number of ether oxygens (including phenoxy) is 3. The smallest absolute Gasteiger partial charge is 0.315 e. The molecule has 18 heavy (non-hydrogen) atoms. The van der Waals surface area contributed by atoms with Gasteiger partial charge in [-0.15, -0.1) is 0 Å². The summed E-state index contributed by atoms with van der Waals surface area (Å²) in [5, 5.41) is 0. The number of esters is 1. The Bertz CT molecular complexity index is 527. The van der Waals surface area contributed by atoms with Gasteiger partial charge in [-0.1, -0.05) is 0 Å². The molecule has 6 nitrogen and oxygen atoms in total. The second-order valence-corrected chi connectivity index (χ2v) is 4.10. The third-order valence-electron chi connectivity index (χ3n) is 3.20. The highest BCUT2D eigenvalue weighted by Crippen LogP contribution is 2.44. The number of carbonyl (C=O) groups is 2. The Kier molecular flexibility index (Phi) is 2.36. The van der Waals surface area contributed by atoms with E-state index in [9.17, 15) is 9.59 Å². The molecular weight excluding hydrogens is 238 g/mol. The number of fused-ring (bicyclic) bond motifs is 2. The standard InChI is InChI=1S/C12H11NO5/c1-16-12(15)8-4-13(5-14)9-3-11-10(2-7(8)9)17-6-18-11/h2-3,5,8H,4,6H2,1H3. The summed E-state index contributed by atoms with van der Waals surface area (Å²) in [7, 11) is 1.33. The SMILES string of the molecule is COC(=O)C1CN(C=O)c2cc3c(cc21)OCO3. The Morgan fingerprint density at radius 1 is 1.44 bits per heavy atom. The number of methoxy groups -OCH3 is 1. The van der Waals surface area contributed by atoms with Crippen LogP contribution < -0.4 is 14.4 Å². The van der Waals surface area contributed by atoms with Crippen LogP contribution in [0.4, 0.5) is 5.69 Å². The highest BCUT2D eigenvalue weighted by molar-refractivity contribution is 5.91. The molecule has 2 heterocycles. The number of amides is 1. The predicted octanol–water partition coefficient (Wildman–Crippen LogP) is 0.648. The molecule has 0 spiro atoms. The van der Waals surface area contributed by atoms with Crippen LogP contribution in [0.3, 0.4) is 0 Å². The quantitative estimate of drug-likeness (QED) is 0.568. The molecule has 2 aliphatic heterocycles. The molecule has 0 saturated heterocycles. The zero-order valence-electron chi connectivity index (χ0n) is 9.71. The number of hydrogen-bond acceptors (Lipinski definition) is 5. The minimum absolute atomic E-state index is 0.155. The van der Waals surface area contributed by atoms with E-state index >= 15 is 0 Å². The summed E-state index contributed by atoms with van der Waals surface area (Å²) in [6, 6.07) is 3.46. The van der Waals surface area contributed by atoms with Crippen LogP contribution in [-0.4, -0.2) is 32.8 Å². The third-order valence-corrected chi connectivity index (χ3v) is 3.20. The fourth-order valence-electron chi connectivity index (χ4n) is 2.31. The van der Waals surface area contributed by atoms with E-state index in [1.54, 1.807) is 12.1 Å². The first-order chi connectivity index (χ1) is 8.74. The monoisotopic (exact) mass is 249 g/mol. The van der Waals surface area contributed by atoms with Crippen LogP contribution in [0.15, 0.2) is 12.1 Å². The first-order valence-corrected chi connectivity index (χ1v) is 5.48. The van der Waals surface area contributed by atoms with E-state index in [4.69, 9.17) is 14.2 Å². The van der Waals surface area contributed by atoms with Gasteiger partial charge in [-0.2, -0.15) is 0 Å².